The lowest BCUT2D eigenvalue weighted by molar-refractivity contribution is 0.417. The van der Waals surface area contributed by atoms with Gasteiger partial charge in [0.25, 0.3) is 0 Å². The average Bonchev–Trinajstić information content (AvgIpc) is 3.19. The lowest BCUT2D eigenvalue weighted by Crippen LogP contribution is -2.12. The number of benzene rings is 2. The van der Waals surface area contributed by atoms with Crippen molar-refractivity contribution >= 4 is 16.6 Å². The number of methoxy groups -OCH3 is 1. The van der Waals surface area contributed by atoms with Crippen LogP contribution in [0.25, 0.3) is 27.7 Å². The van der Waals surface area contributed by atoms with Crippen LogP contribution in [0.15, 0.2) is 71.8 Å². The first kappa shape index (κ1) is 20.0. The fourth-order valence-electron chi connectivity index (χ4n) is 4.07. The Labute approximate surface area is 184 Å². The van der Waals surface area contributed by atoms with Gasteiger partial charge < -0.3 is 10.1 Å². The van der Waals surface area contributed by atoms with Gasteiger partial charge >= 0.3 is 5.69 Å². The second kappa shape index (κ2) is 8.28. The van der Waals surface area contributed by atoms with Gasteiger partial charge in [-0.25, -0.2) is 14.3 Å². The SMILES string of the molecule is COc1cc2c(C)cc3n[nH]c(=O)n3c2cc1-c1cccc(CNCc2ccncc2)c1. The summed E-state index contributed by atoms with van der Waals surface area (Å²) in [5.41, 5.74) is 6.49. The minimum absolute atomic E-state index is 0.254. The summed E-state index contributed by atoms with van der Waals surface area (Å²) in [5, 5.41) is 11.1. The number of fused-ring (bicyclic) bond motifs is 3. The molecule has 0 radical (unpaired) electrons. The molecule has 0 saturated carbocycles. The van der Waals surface area contributed by atoms with Gasteiger partial charge in [-0.05, 0) is 65.6 Å². The molecule has 0 bridgehead atoms. The normalized spacial score (nSPS) is 11.3. The Hall–Kier alpha value is -3.97. The molecule has 0 atom stereocenters. The van der Waals surface area contributed by atoms with Crippen molar-refractivity contribution in [1.29, 1.82) is 0 Å². The molecule has 5 aromatic rings. The zero-order valence-corrected chi connectivity index (χ0v) is 17.9. The molecule has 0 amide bonds. The van der Waals surface area contributed by atoms with Crippen LogP contribution in [0.4, 0.5) is 0 Å². The van der Waals surface area contributed by atoms with Crippen molar-refractivity contribution in [2.24, 2.45) is 0 Å². The van der Waals surface area contributed by atoms with Crippen LogP contribution < -0.4 is 15.7 Å². The van der Waals surface area contributed by atoms with Gasteiger partial charge in [0.2, 0.25) is 0 Å². The molecule has 7 heteroatoms. The van der Waals surface area contributed by atoms with Gasteiger partial charge in [0, 0.05) is 36.4 Å². The number of nitrogens with zero attached hydrogens (tertiary/aromatic N) is 3. The van der Waals surface area contributed by atoms with Gasteiger partial charge in [-0.2, -0.15) is 5.10 Å². The molecule has 0 aliphatic rings. The fourth-order valence-corrected chi connectivity index (χ4v) is 4.07. The molecule has 0 aliphatic heterocycles. The number of aromatic amines is 1. The van der Waals surface area contributed by atoms with E-state index in [0.717, 1.165) is 52.0 Å². The molecular weight excluding hydrogens is 402 g/mol. The zero-order chi connectivity index (χ0) is 22.1. The van der Waals surface area contributed by atoms with E-state index in [9.17, 15) is 4.79 Å². The molecule has 5 rings (SSSR count). The number of hydrogen-bond acceptors (Lipinski definition) is 5. The van der Waals surface area contributed by atoms with Crippen molar-refractivity contribution in [3.63, 3.8) is 0 Å². The van der Waals surface area contributed by atoms with Crippen LogP contribution in [0.5, 0.6) is 5.75 Å². The van der Waals surface area contributed by atoms with Gasteiger partial charge in [0.1, 0.15) is 5.75 Å². The third kappa shape index (κ3) is 3.63. The first-order valence-corrected chi connectivity index (χ1v) is 10.4. The van der Waals surface area contributed by atoms with E-state index in [1.54, 1.807) is 23.9 Å². The highest BCUT2D eigenvalue weighted by Crippen LogP contribution is 2.35. The molecule has 0 spiro atoms. The number of aromatic nitrogens is 4. The van der Waals surface area contributed by atoms with Crippen LogP contribution in [0, 0.1) is 6.92 Å². The van der Waals surface area contributed by atoms with Crippen LogP contribution in [0.1, 0.15) is 16.7 Å². The highest BCUT2D eigenvalue weighted by Gasteiger charge is 2.14. The van der Waals surface area contributed by atoms with E-state index in [1.165, 1.54) is 5.56 Å². The Morgan fingerprint density at radius 3 is 2.66 bits per heavy atom. The Balaban J connectivity index is 1.53. The average molecular weight is 425 g/mol. The van der Waals surface area contributed by atoms with Crippen molar-refractivity contribution in [1.82, 2.24) is 24.9 Å². The predicted molar refractivity (Wildman–Crippen MR) is 125 cm³/mol. The van der Waals surface area contributed by atoms with Crippen molar-refractivity contribution in [2.75, 3.05) is 7.11 Å². The highest BCUT2D eigenvalue weighted by molar-refractivity contribution is 5.92. The number of hydrogen-bond donors (Lipinski definition) is 2. The second-order valence-electron chi connectivity index (χ2n) is 7.78. The third-order valence-corrected chi connectivity index (χ3v) is 5.67. The number of rotatable bonds is 6. The van der Waals surface area contributed by atoms with Gasteiger partial charge in [-0.1, -0.05) is 18.2 Å². The maximum atomic E-state index is 12.4. The standard InChI is InChI=1S/C25H23N5O2/c1-16-10-24-28-29-25(31)30(24)22-12-21(23(32-2)13-20(16)22)19-5-3-4-18(11-19)15-27-14-17-6-8-26-9-7-17/h3-13,27H,14-15H2,1-2H3,(H,29,31). The van der Waals surface area contributed by atoms with E-state index in [0.29, 0.717) is 5.65 Å². The first-order chi connectivity index (χ1) is 15.6. The third-order valence-electron chi connectivity index (χ3n) is 5.67. The van der Waals surface area contributed by atoms with E-state index in [4.69, 9.17) is 4.74 Å². The van der Waals surface area contributed by atoms with Crippen molar-refractivity contribution < 1.29 is 4.74 Å². The van der Waals surface area contributed by atoms with Crippen LogP contribution >= 0.6 is 0 Å². The van der Waals surface area contributed by atoms with Gasteiger partial charge in [-0.15, -0.1) is 0 Å². The van der Waals surface area contributed by atoms with Gasteiger partial charge in [-0.3, -0.25) is 4.98 Å². The Bertz CT molecular complexity index is 1470. The highest BCUT2D eigenvalue weighted by atomic mass is 16.5. The van der Waals surface area contributed by atoms with Crippen LogP contribution in [-0.2, 0) is 13.1 Å². The Morgan fingerprint density at radius 1 is 1.03 bits per heavy atom. The molecule has 3 aromatic heterocycles. The topological polar surface area (TPSA) is 84.3 Å². The largest absolute Gasteiger partial charge is 0.496 e. The molecule has 2 aromatic carbocycles. The van der Waals surface area contributed by atoms with E-state index >= 15 is 0 Å². The molecule has 160 valence electrons. The summed E-state index contributed by atoms with van der Waals surface area (Å²) in [6, 6.07) is 18.2. The summed E-state index contributed by atoms with van der Waals surface area (Å²) in [6.45, 7) is 3.51. The zero-order valence-electron chi connectivity index (χ0n) is 17.9. The summed E-state index contributed by atoms with van der Waals surface area (Å²) in [5.74, 6) is 0.762. The van der Waals surface area contributed by atoms with Crippen molar-refractivity contribution in [3.05, 3.63) is 94.2 Å². The summed E-state index contributed by atoms with van der Waals surface area (Å²) in [7, 11) is 1.67. The molecule has 2 N–H and O–H groups in total. The van der Waals surface area contributed by atoms with E-state index in [-0.39, 0.29) is 5.69 Å². The van der Waals surface area contributed by atoms with Crippen LogP contribution in [0.3, 0.4) is 0 Å². The molecule has 32 heavy (non-hydrogen) atoms. The summed E-state index contributed by atoms with van der Waals surface area (Å²) in [4.78, 5) is 16.5. The molecule has 7 nitrogen and oxygen atoms in total. The number of ether oxygens (including phenoxy) is 1. The van der Waals surface area contributed by atoms with E-state index < -0.39 is 0 Å². The second-order valence-corrected chi connectivity index (χ2v) is 7.78. The molecule has 0 fully saturated rings. The lowest BCUT2D eigenvalue weighted by Gasteiger charge is -2.14. The van der Waals surface area contributed by atoms with E-state index in [2.05, 4.69) is 38.7 Å². The Kier molecular flexibility index (Phi) is 5.17. The Morgan fingerprint density at radius 2 is 1.84 bits per heavy atom. The van der Waals surface area contributed by atoms with Crippen LogP contribution in [0.2, 0.25) is 0 Å². The summed E-state index contributed by atoms with van der Waals surface area (Å²) < 4.78 is 7.34. The first-order valence-electron chi connectivity index (χ1n) is 10.4. The van der Waals surface area contributed by atoms with Crippen LogP contribution in [-0.4, -0.2) is 26.7 Å². The predicted octanol–water partition coefficient (Wildman–Crippen LogP) is 3.84. The number of H-pyrrole nitrogens is 1. The molecule has 0 aliphatic carbocycles. The number of aryl methyl sites for hydroxylation is 1. The van der Waals surface area contributed by atoms with E-state index in [1.807, 2.05) is 43.3 Å². The number of pyridine rings is 2. The van der Waals surface area contributed by atoms with Crippen molar-refractivity contribution in [2.45, 2.75) is 20.0 Å². The maximum Gasteiger partial charge on any atom is 0.348 e. The minimum atomic E-state index is -0.254. The molecule has 3 heterocycles. The number of nitrogens with one attached hydrogen (secondary N) is 2. The summed E-state index contributed by atoms with van der Waals surface area (Å²) in [6.07, 6.45) is 3.60. The monoisotopic (exact) mass is 425 g/mol. The fraction of sp³-hybridized carbons (Fsp3) is 0.160. The lowest BCUT2D eigenvalue weighted by atomic mass is 9.98. The van der Waals surface area contributed by atoms with Gasteiger partial charge in [0.05, 0.1) is 12.6 Å². The molecular formula is C25H23N5O2. The summed E-state index contributed by atoms with van der Waals surface area (Å²) >= 11 is 0. The van der Waals surface area contributed by atoms with Gasteiger partial charge in [0.15, 0.2) is 5.65 Å². The quantitative estimate of drug-likeness (QED) is 0.432. The molecule has 0 unspecified atom stereocenters. The maximum absolute atomic E-state index is 12.4. The van der Waals surface area contributed by atoms with Crippen molar-refractivity contribution in [3.8, 4) is 16.9 Å². The molecule has 0 saturated heterocycles. The minimum Gasteiger partial charge on any atom is -0.496 e. The smallest absolute Gasteiger partial charge is 0.348 e.